The van der Waals surface area contributed by atoms with Crippen molar-refractivity contribution in [3.63, 3.8) is 0 Å². The van der Waals surface area contributed by atoms with E-state index in [1.54, 1.807) is 0 Å². The maximum Gasteiger partial charge on any atom is 0.256 e. The van der Waals surface area contributed by atoms with Gasteiger partial charge in [0.05, 0.1) is 10.2 Å². The number of pyridine rings is 1. The summed E-state index contributed by atoms with van der Waals surface area (Å²) >= 11 is 1.30. The molecule has 1 atom stereocenters. The molecule has 0 saturated heterocycles. The highest BCUT2D eigenvalue weighted by Crippen LogP contribution is 2.28. The highest BCUT2D eigenvalue weighted by atomic mass is 32.1. The predicted molar refractivity (Wildman–Crippen MR) is 105 cm³/mol. The van der Waals surface area contributed by atoms with Crippen LogP contribution in [0.25, 0.3) is 10.2 Å². The Hall–Kier alpha value is -3.33. The van der Waals surface area contributed by atoms with Gasteiger partial charge in [-0.3, -0.25) is 19.4 Å². The van der Waals surface area contributed by atoms with E-state index in [-0.39, 0.29) is 17.0 Å². The average Bonchev–Trinajstić information content (AvgIpc) is 3.10. The molecule has 28 heavy (non-hydrogen) atoms. The maximum absolute atomic E-state index is 13.0. The van der Waals surface area contributed by atoms with Crippen LogP contribution in [-0.4, -0.2) is 52.5 Å². The molecule has 9 heteroatoms. The molecule has 0 radical (unpaired) electrons. The lowest BCUT2D eigenvalue weighted by Gasteiger charge is -2.16. The standard InChI is InChI=1S/C19H17N5O3S/c1-11(25)15-12(7-6-10-20-15)17(26)16(18(27)24(2)3)22-23-19-21-13-8-4-5-9-14(13)28-19/h4-10,16H,1-3H3/b23-22+. The van der Waals surface area contributed by atoms with E-state index in [1.165, 1.54) is 55.6 Å². The zero-order chi connectivity index (χ0) is 20.3. The van der Waals surface area contributed by atoms with Gasteiger partial charge in [-0.1, -0.05) is 23.5 Å². The molecule has 0 spiro atoms. The molecule has 0 aliphatic rings. The molecule has 0 bridgehead atoms. The van der Waals surface area contributed by atoms with Gasteiger partial charge in [-0.15, -0.1) is 5.11 Å². The summed E-state index contributed by atoms with van der Waals surface area (Å²) < 4.78 is 0.921. The highest BCUT2D eigenvalue weighted by molar-refractivity contribution is 7.21. The second-order valence-electron chi connectivity index (χ2n) is 6.13. The fraction of sp³-hybridized carbons (Fsp3) is 0.211. The molecule has 1 aromatic carbocycles. The van der Waals surface area contributed by atoms with Gasteiger partial charge in [0.1, 0.15) is 5.69 Å². The molecule has 2 heterocycles. The van der Waals surface area contributed by atoms with Crippen molar-refractivity contribution < 1.29 is 14.4 Å². The Morgan fingerprint density at radius 1 is 1.11 bits per heavy atom. The summed E-state index contributed by atoms with van der Waals surface area (Å²) in [6, 6.07) is 9.04. The number of amides is 1. The summed E-state index contributed by atoms with van der Waals surface area (Å²) in [6.45, 7) is 1.31. The largest absolute Gasteiger partial charge is 0.346 e. The van der Waals surface area contributed by atoms with Gasteiger partial charge in [0.25, 0.3) is 5.91 Å². The first-order valence-electron chi connectivity index (χ1n) is 8.36. The van der Waals surface area contributed by atoms with Crippen LogP contribution in [0.2, 0.25) is 0 Å². The van der Waals surface area contributed by atoms with Crippen LogP contribution < -0.4 is 0 Å². The van der Waals surface area contributed by atoms with Gasteiger partial charge in [0, 0.05) is 32.8 Å². The predicted octanol–water partition coefficient (Wildman–Crippen LogP) is 3.32. The molecule has 0 aliphatic heterocycles. The van der Waals surface area contributed by atoms with E-state index in [2.05, 4.69) is 20.2 Å². The van der Waals surface area contributed by atoms with Gasteiger partial charge in [-0.2, -0.15) is 5.11 Å². The number of Topliss-reactive ketones (excluding diaryl/α,β-unsaturated/α-hetero) is 2. The monoisotopic (exact) mass is 395 g/mol. The summed E-state index contributed by atoms with van der Waals surface area (Å²) in [5.74, 6) is -1.56. The second-order valence-corrected chi connectivity index (χ2v) is 7.14. The Labute approximate surface area is 164 Å². The summed E-state index contributed by atoms with van der Waals surface area (Å²) in [6.07, 6.45) is 1.42. The molecular formula is C19H17N5O3S. The number of ketones is 2. The van der Waals surface area contributed by atoms with Crippen LogP contribution in [0.3, 0.4) is 0 Å². The molecule has 8 nitrogen and oxygen atoms in total. The fourth-order valence-corrected chi connectivity index (χ4v) is 3.29. The summed E-state index contributed by atoms with van der Waals surface area (Å²) in [5, 5.41) is 8.34. The van der Waals surface area contributed by atoms with Crippen molar-refractivity contribution in [2.75, 3.05) is 14.1 Å². The van der Waals surface area contributed by atoms with E-state index < -0.39 is 17.7 Å². The second kappa shape index (κ2) is 8.13. The van der Waals surface area contributed by atoms with Crippen LogP contribution in [-0.2, 0) is 4.79 Å². The topological polar surface area (TPSA) is 105 Å². The maximum atomic E-state index is 13.0. The highest BCUT2D eigenvalue weighted by Gasteiger charge is 2.31. The number of benzene rings is 1. The number of azo groups is 1. The number of thiazole rings is 1. The minimum absolute atomic E-state index is 0.000701. The smallest absolute Gasteiger partial charge is 0.256 e. The third-order valence-corrected chi connectivity index (χ3v) is 4.79. The zero-order valence-corrected chi connectivity index (χ0v) is 16.3. The number of aromatic nitrogens is 2. The summed E-state index contributed by atoms with van der Waals surface area (Å²) in [4.78, 5) is 46.9. The number of rotatable bonds is 6. The van der Waals surface area contributed by atoms with Crippen LogP contribution >= 0.6 is 11.3 Å². The van der Waals surface area contributed by atoms with Crippen molar-refractivity contribution in [3.05, 3.63) is 53.9 Å². The van der Waals surface area contributed by atoms with Crippen molar-refractivity contribution in [1.29, 1.82) is 0 Å². The number of fused-ring (bicyclic) bond motifs is 1. The molecular weight excluding hydrogens is 378 g/mol. The Morgan fingerprint density at radius 2 is 1.86 bits per heavy atom. The number of para-hydroxylation sites is 1. The molecule has 3 rings (SSSR count). The number of carbonyl (C=O) groups is 3. The first-order valence-corrected chi connectivity index (χ1v) is 9.18. The molecule has 0 fully saturated rings. The number of hydrogen-bond donors (Lipinski definition) is 0. The van der Waals surface area contributed by atoms with Crippen LogP contribution in [0.15, 0.2) is 52.8 Å². The lowest BCUT2D eigenvalue weighted by Crippen LogP contribution is -2.38. The summed E-state index contributed by atoms with van der Waals surface area (Å²) in [5.41, 5.74) is 0.798. The molecule has 1 amide bonds. The fourth-order valence-electron chi connectivity index (χ4n) is 2.50. The lowest BCUT2D eigenvalue weighted by molar-refractivity contribution is -0.128. The number of hydrogen-bond acceptors (Lipinski definition) is 8. The van der Waals surface area contributed by atoms with Gasteiger partial charge in [-0.25, -0.2) is 4.98 Å². The van der Waals surface area contributed by atoms with E-state index in [0.29, 0.717) is 5.13 Å². The van der Waals surface area contributed by atoms with E-state index in [1.807, 2.05) is 24.3 Å². The van der Waals surface area contributed by atoms with E-state index in [9.17, 15) is 14.4 Å². The Balaban J connectivity index is 1.98. The molecule has 3 aromatic rings. The van der Waals surface area contributed by atoms with Crippen LogP contribution in [0.5, 0.6) is 0 Å². The van der Waals surface area contributed by atoms with E-state index in [0.717, 1.165) is 10.2 Å². The van der Waals surface area contributed by atoms with Gasteiger partial charge < -0.3 is 4.90 Å². The number of likely N-dealkylation sites (N-methyl/N-ethyl adjacent to an activating group) is 1. The molecule has 142 valence electrons. The third kappa shape index (κ3) is 3.99. The number of nitrogens with zero attached hydrogens (tertiary/aromatic N) is 5. The third-order valence-electron chi connectivity index (χ3n) is 3.87. The van der Waals surface area contributed by atoms with Crippen molar-refractivity contribution in [1.82, 2.24) is 14.9 Å². The number of carbonyl (C=O) groups excluding carboxylic acids is 3. The van der Waals surface area contributed by atoms with E-state index >= 15 is 0 Å². The van der Waals surface area contributed by atoms with Gasteiger partial charge in [0.2, 0.25) is 17.0 Å². The Morgan fingerprint density at radius 3 is 2.54 bits per heavy atom. The summed E-state index contributed by atoms with van der Waals surface area (Å²) in [7, 11) is 3.04. The molecule has 0 N–H and O–H groups in total. The van der Waals surface area contributed by atoms with Gasteiger partial charge in [0.15, 0.2) is 5.78 Å². The normalized spacial score (nSPS) is 12.2. The Bertz CT molecular complexity index is 1060. The van der Waals surface area contributed by atoms with E-state index in [4.69, 9.17) is 0 Å². The molecule has 0 saturated carbocycles. The quantitative estimate of drug-likeness (QED) is 0.362. The minimum atomic E-state index is -1.43. The molecule has 1 unspecified atom stereocenters. The first kappa shape index (κ1) is 19.4. The van der Waals surface area contributed by atoms with Crippen molar-refractivity contribution in [3.8, 4) is 0 Å². The average molecular weight is 395 g/mol. The SMILES string of the molecule is CC(=O)c1ncccc1C(=O)C(/N=N/c1nc2ccccc2s1)C(=O)N(C)C. The van der Waals surface area contributed by atoms with Crippen LogP contribution in [0.1, 0.15) is 27.8 Å². The molecule has 0 aliphatic carbocycles. The van der Waals surface area contributed by atoms with Crippen molar-refractivity contribution in [2.45, 2.75) is 13.0 Å². The van der Waals surface area contributed by atoms with Crippen LogP contribution in [0, 0.1) is 0 Å². The lowest BCUT2D eigenvalue weighted by atomic mass is 10.0. The van der Waals surface area contributed by atoms with Gasteiger partial charge in [-0.05, 0) is 24.3 Å². The molecule has 2 aromatic heterocycles. The minimum Gasteiger partial charge on any atom is -0.346 e. The Kier molecular flexibility index (Phi) is 5.65. The van der Waals surface area contributed by atoms with Gasteiger partial charge >= 0.3 is 0 Å². The zero-order valence-electron chi connectivity index (χ0n) is 15.5. The van der Waals surface area contributed by atoms with Crippen molar-refractivity contribution >= 4 is 44.2 Å². The van der Waals surface area contributed by atoms with Crippen molar-refractivity contribution in [2.24, 2.45) is 10.2 Å². The first-order chi connectivity index (χ1) is 13.4. The van der Waals surface area contributed by atoms with Crippen LogP contribution in [0.4, 0.5) is 5.13 Å².